The molecule has 0 radical (unpaired) electrons. The minimum Gasteiger partial charge on any atom is -0.337 e. The first-order valence-electron chi connectivity index (χ1n) is 7.80. The molecule has 0 aliphatic carbocycles. The Balaban J connectivity index is 1.68. The van der Waals surface area contributed by atoms with Crippen LogP contribution in [0.5, 0.6) is 0 Å². The Morgan fingerprint density at radius 1 is 1.37 bits per heavy atom. The van der Waals surface area contributed by atoms with Gasteiger partial charge in [-0.3, -0.25) is 0 Å². The maximum Gasteiger partial charge on any atom is 0.0945 e. The fourth-order valence-corrected chi connectivity index (χ4v) is 2.90. The average Bonchev–Trinajstić information content (AvgIpc) is 2.93. The fourth-order valence-electron chi connectivity index (χ4n) is 2.90. The van der Waals surface area contributed by atoms with Crippen LogP contribution in [-0.4, -0.2) is 46.7 Å². The van der Waals surface area contributed by atoms with Crippen LogP contribution in [-0.2, 0) is 6.54 Å². The molecule has 1 aromatic rings. The van der Waals surface area contributed by atoms with Gasteiger partial charge in [0.15, 0.2) is 0 Å². The molecule has 1 atom stereocenters. The molecule has 108 valence electrons. The largest absolute Gasteiger partial charge is 0.337 e. The second kappa shape index (κ2) is 8.33. The maximum atomic E-state index is 4.09. The molecule has 2 rings (SSSR count). The van der Waals surface area contributed by atoms with E-state index in [1.807, 2.05) is 18.7 Å². The molecule has 0 amide bonds. The van der Waals surface area contributed by atoms with E-state index in [-0.39, 0.29) is 0 Å². The molecule has 1 saturated heterocycles. The second-order valence-corrected chi connectivity index (χ2v) is 5.60. The van der Waals surface area contributed by atoms with Gasteiger partial charge < -0.3 is 14.8 Å². The average molecular weight is 264 g/mol. The molecule has 4 heteroatoms. The van der Waals surface area contributed by atoms with Crippen molar-refractivity contribution in [1.29, 1.82) is 0 Å². The third kappa shape index (κ3) is 5.33. The number of piperidine rings is 1. The van der Waals surface area contributed by atoms with Gasteiger partial charge in [0.25, 0.3) is 0 Å². The maximum absolute atomic E-state index is 4.09. The molecule has 1 unspecified atom stereocenters. The van der Waals surface area contributed by atoms with Crippen LogP contribution in [0.2, 0.25) is 0 Å². The van der Waals surface area contributed by atoms with Gasteiger partial charge in [0.2, 0.25) is 0 Å². The van der Waals surface area contributed by atoms with Gasteiger partial charge in [-0.1, -0.05) is 13.3 Å². The van der Waals surface area contributed by atoms with Gasteiger partial charge in [0.05, 0.1) is 6.33 Å². The lowest BCUT2D eigenvalue weighted by molar-refractivity contribution is 0.219. The Morgan fingerprint density at radius 2 is 2.32 bits per heavy atom. The third-order valence-corrected chi connectivity index (χ3v) is 3.88. The van der Waals surface area contributed by atoms with Gasteiger partial charge in [0, 0.05) is 31.5 Å². The number of nitrogens with one attached hydrogen (secondary N) is 1. The highest BCUT2D eigenvalue weighted by Crippen LogP contribution is 2.09. The molecule has 1 fully saturated rings. The summed E-state index contributed by atoms with van der Waals surface area (Å²) in [5.41, 5.74) is 0. The molecule has 4 nitrogen and oxygen atoms in total. The summed E-state index contributed by atoms with van der Waals surface area (Å²) in [4.78, 5) is 6.71. The predicted octanol–water partition coefficient (Wildman–Crippen LogP) is 2.13. The summed E-state index contributed by atoms with van der Waals surface area (Å²) in [5.74, 6) is 0. The normalized spacial score (nSPS) is 20.0. The highest BCUT2D eigenvalue weighted by Gasteiger charge is 2.15. The van der Waals surface area contributed by atoms with Gasteiger partial charge in [0.1, 0.15) is 0 Å². The summed E-state index contributed by atoms with van der Waals surface area (Å²) in [7, 11) is 0. The molecular weight excluding hydrogens is 236 g/mol. The van der Waals surface area contributed by atoms with Crippen LogP contribution in [0, 0.1) is 0 Å². The summed E-state index contributed by atoms with van der Waals surface area (Å²) in [6.07, 6.45) is 12.4. The zero-order chi connectivity index (χ0) is 13.3. The molecule has 1 aliphatic rings. The number of aryl methyl sites for hydroxylation is 1. The number of rotatable bonds is 8. The zero-order valence-electron chi connectivity index (χ0n) is 12.2. The molecule has 19 heavy (non-hydrogen) atoms. The fraction of sp³-hybridized carbons (Fsp3) is 0.800. The Hall–Kier alpha value is -0.870. The molecule has 0 bridgehead atoms. The Kier molecular flexibility index (Phi) is 6.37. The van der Waals surface area contributed by atoms with Crippen molar-refractivity contribution in [3.05, 3.63) is 18.7 Å². The first-order chi connectivity index (χ1) is 9.38. The van der Waals surface area contributed by atoms with Crippen molar-refractivity contribution in [1.82, 2.24) is 19.8 Å². The van der Waals surface area contributed by atoms with Crippen molar-refractivity contribution in [2.24, 2.45) is 0 Å². The first kappa shape index (κ1) is 14.5. The lowest BCUT2D eigenvalue weighted by Gasteiger charge is -2.30. The summed E-state index contributed by atoms with van der Waals surface area (Å²) < 4.78 is 2.17. The molecule has 0 aromatic carbocycles. The summed E-state index contributed by atoms with van der Waals surface area (Å²) in [5, 5.41) is 3.66. The van der Waals surface area contributed by atoms with Crippen molar-refractivity contribution >= 4 is 0 Å². The van der Waals surface area contributed by atoms with E-state index in [4.69, 9.17) is 0 Å². The van der Waals surface area contributed by atoms with Crippen molar-refractivity contribution in [2.75, 3.05) is 26.2 Å². The summed E-state index contributed by atoms with van der Waals surface area (Å²) in [6.45, 7) is 8.21. The van der Waals surface area contributed by atoms with E-state index in [1.165, 1.54) is 58.3 Å². The van der Waals surface area contributed by atoms with Crippen molar-refractivity contribution in [2.45, 2.75) is 51.6 Å². The molecule has 0 saturated carbocycles. The quantitative estimate of drug-likeness (QED) is 0.781. The minimum atomic E-state index is 0.716. The van der Waals surface area contributed by atoms with Gasteiger partial charge >= 0.3 is 0 Å². The van der Waals surface area contributed by atoms with E-state index in [1.54, 1.807) is 0 Å². The van der Waals surface area contributed by atoms with Crippen LogP contribution in [0.3, 0.4) is 0 Å². The van der Waals surface area contributed by atoms with Crippen molar-refractivity contribution in [3.8, 4) is 0 Å². The number of nitrogens with zero attached hydrogens (tertiary/aromatic N) is 3. The lowest BCUT2D eigenvalue weighted by atomic mass is 10.0. The van der Waals surface area contributed by atoms with Crippen LogP contribution in [0.15, 0.2) is 18.7 Å². The Morgan fingerprint density at radius 3 is 3.00 bits per heavy atom. The lowest BCUT2D eigenvalue weighted by Crippen LogP contribution is -2.44. The Bertz CT molecular complexity index is 317. The van der Waals surface area contributed by atoms with Crippen LogP contribution in [0.4, 0.5) is 0 Å². The molecule has 1 N–H and O–H groups in total. The second-order valence-electron chi connectivity index (χ2n) is 5.60. The SMILES string of the molecule is CCCN(CCCn1ccnc1)CC1CCCCN1. The molecule has 0 spiro atoms. The van der Waals surface area contributed by atoms with E-state index < -0.39 is 0 Å². The number of hydrogen-bond acceptors (Lipinski definition) is 3. The van der Waals surface area contributed by atoms with Gasteiger partial charge in [-0.15, -0.1) is 0 Å². The number of imidazole rings is 1. The smallest absolute Gasteiger partial charge is 0.0945 e. The number of aromatic nitrogens is 2. The summed E-state index contributed by atoms with van der Waals surface area (Å²) in [6, 6.07) is 0.716. The highest BCUT2D eigenvalue weighted by atomic mass is 15.2. The van der Waals surface area contributed by atoms with Gasteiger partial charge in [-0.05, 0) is 45.3 Å². The van der Waals surface area contributed by atoms with E-state index in [0.717, 1.165) is 6.54 Å². The predicted molar refractivity (Wildman–Crippen MR) is 79.2 cm³/mol. The summed E-state index contributed by atoms with van der Waals surface area (Å²) >= 11 is 0. The van der Waals surface area contributed by atoms with Crippen molar-refractivity contribution < 1.29 is 0 Å². The van der Waals surface area contributed by atoms with Crippen LogP contribution in [0.1, 0.15) is 39.0 Å². The Labute approximate surface area is 117 Å². The van der Waals surface area contributed by atoms with Crippen LogP contribution < -0.4 is 5.32 Å². The number of hydrogen-bond donors (Lipinski definition) is 1. The third-order valence-electron chi connectivity index (χ3n) is 3.88. The van der Waals surface area contributed by atoms with E-state index in [0.29, 0.717) is 6.04 Å². The molecule has 1 aromatic heterocycles. The van der Waals surface area contributed by atoms with Crippen LogP contribution in [0.25, 0.3) is 0 Å². The van der Waals surface area contributed by atoms with E-state index in [9.17, 15) is 0 Å². The van der Waals surface area contributed by atoms with E-state index >= 15 is 0 Å². The van der Waals surface area contributed by atoms with E-state index in [2.05, 4.69) is 26.7 Å². The minimum absolute atomic E-state index is 0.716. The monoisotopic (exact) mass is 264 g/mol. The van der Waals surface area contributed by atoms with Gasteiger partial charge in [-0.25, -0.2) is 4.98 Å². The topological polar surface area (TPSA) is 33.1 Å². The highest BCUT2D eigenvalue weighted by molar-refractivity contribution is 4.77. The standard InChI is InChI=1S/C15H28N4/c1-2-9-18(13-15-6-3-4-7-17-15)10-5-11-19-12-8-16-14-19/h8,12,14-15,17H,2-7,9-11,13H2,1H3. The van der Waals surface area contributed by atoms with Crippen LogP contribution >= 0.6 is 0 Å². The molecular formula is C15H28N4. The zero-order valence-corrected chi connectivity index (χ0v) is 12.2. The molecule has 1 aliphatic heterocycles. The first-order valence-corrected chi connectivity index (χ1v) is 7.80. The van der Waals surface area contributed by atoms with Gasteiger partial charge in [-0.2, -0.15) is 0 Å². The van der Waals surface area contributed by atoms with Crippen molar-refractivity contribution in [3.63, 3.8) is 0 Å². The molecule has 2 heterocycles.